The molecule has 1 atom stereocenters. The van der Waals surface area contributed by atoms with Crippen molar-refractivity contribution in [3.63, 3.8) is 0 Å². The van der Waals surface area contributed by atoms with E-state index in [-0.39, 0.29) is 48.6 Å². The van der Waals surface area contributed by atoms with E-state index < -0.39 is 17.5 Å². The Labute approximate surface area is 246 Å². The fourth-order valence-corrected chi connectivity index (χ4v) is 5.70. The molecule has 4 aromatic heterocycles. The number of rotatable bonds is 4. The molecule has 12 nitrogen and oxygen atoms in total. The maximum absolute atomic E-state index is 15.9. The minimum absolute atomic E-state index is 0.0455. The lowest BCUT2D eigenvalue weighted by molar-refractivity contribution is -0.128. The van der Waals surface area contributed by atoms with E-state index in [2.05, 4.69) is 32.9 Å². The van der Waals surface area contributed by atoms with Crippen molar-refractivity contribution in [2.45, 2.75) is 45.1 Å². The topological polar surface area (TPSA) is 139 Å². The van der Waals surface area contributed by atoms with Gasteiger partial charge in [-0.2, -0.15) is 14.9 Å². The molecule has 218 valence electrons. The Kier molecular flexibility index (Phi) is 7.27. The summed E-state index contributed by atoms with van der Waals surface area (Å²) in [6.45, 7) is 8.35. The minimum atomic E-state index is -0.674. The van der Waals surface area contributed by atoms with E-state index in [0.29, 0.717) is 41.8 Å². The zero-order chi connectivity index (χ0) is 30.2. The number of fused-ring (bicyclic) bond motifs is 6. The van der Waals surface area contributed by atoms with E-state index in [0.717, 1.165) is 5.56 Å². The van der Waals surface area contributed by atoms with E-state index >= 15 is 4.39 Å². The van der Waals surface area contributed by atoms with Gasteiger partial charge in [-0.3, -0.25) is 9.78 Å². The molecular weight excluding hydrogens is 551 g/mol. The average Bonchev–Trinajstić information content (AvgIpc) is 3.47. The van der Waals surface area contributed by atoms with Crippen molar-refractivity contribution in [3.8, 4) is 17.6 Å². The van der Waals surface area contributed by atoms with Gasteiger partial charge in [0.1, 0.15) is 5.82 Å². The molecule has 1 amide bonds. The van der Waals surface area contributed by atoms with Crippen LogP contribution in [0.25, 0.3) is 22.5 Å². The van der Waals surface area contributed by atoms with Crippen LogP contribution >= 0.6 is 0 Å². The van der Waals surface area contributed by atoms with Crippen molar-refractivity contribution in [1.29, 1.82) is 5.26 Å². The molecule has 1 unspecified atom stereocenters. The number of allylic oxidation sites excluding steroid dienone is 2. The molecule has 0 N–H and O–H groups in total. The first-order valence-electron chi connectivity index (χ1n) is 14.0. The van der Waals surface area contributed by atoms with Gasteiger partial charge in [0.2, 0.25) is 5.91 Å². The van der Waals surface area contributed by atoms with Crippen molar-refractivity contribution >= 4 is 22.8 Å². The van der Waals surface area contributed by atoms with Gasteiger partial charge in [-0.1, -0.05) is 37.8 Å². The Hall–Kier alpha value is -5.25. The monoisotopic (exact) mass is 580 g/mol. The molecule has 2 aliphatic heterocycles. The summed E-state index contributed by atoms with van der Waals surface area (Å²) < 4.78 is 18.5. The van der Waals surface area contributed by atoms with Crippen molar-refractivity contribution in [1.82, 2.24) is 39.4 Å². The number of nitrogens with zero attached hydrogens (tertiary/aromatic N) is 10. The molecule has 1 saturated heterocycles. The van der Waals surface area contributed by atoms with E-state index in [1.54, 1.807) is 17.3 Å². The first kappa shape index (κ1) is 27.9. The van der Waals surface area contributed by atoms with Crippen LogP contribution in [0.3, 0.4) is 0 Å². The smallest absolute Gasteiger partial charge is 0.352 e. The molecule has 2 aliphatic rings. The highest BCUT2D eigenvalue weighted by Gasteiger charge is 2.32. The summed E-state index contributed by atoms with van der Waals surface area (Å²) in [5, 5.41) is 18.0. The number of hydrogen-bond acceptors (Lipinski definition) is 9. The quantitative estimate of drug-likeness (QED) is 0.263. The summed E-state index contributed by atoms with van der Waals surface area (Å²) in [5.74, 6) is -0.889. The molecule has 0 saturated carbocycles. The molecule has 0 aliphatic carbocycles. The molecule has 1 fully saturated rings. The van der Waals surface area contributed by atoms with Gasteiger partial charge in [-0.25, -0.2) is 18.7 Å². The van der Waals surface area contributed by atoms with E-state index in [1.807, 2.05) is 37.0 Å². The number of aromatic nitrogens is 7. The predicted molar refractivity (Wildman–Crippen MR) is 157 cm³/mol. The van der Waals surface area contributed by atoms with Crippen LogP contribution in [0.5, 0.6) is 0 Å². The van der Waals surface area contributed by atoms with Crippen LogP contribution < -0.4 is 10.6 Å². The molecule has 4 aromatic rings. The van der Waals surface area contributed by atoms with Gasteiger partial charge in [0.05, 0.1) is 47.2 Å². The Balaban J connectivity index is 1.63. The molecule has 6 heterocycles. The second-order valence-electron chi connectivity index (χ2n) is 10.8. The van der Waals surface area contributed by atoms with Gasteiger partial charge in [0.25, 0.3) is 0 Å². The van der Waals surface area contributed by atoms with Gasteiger partial charge >= 0.3 is 5.69 Å². The first-order chi connectivity index (χ1) is 20.8. The Morgan fingerprint density at radius 2 is 2.05 bits per heavy atom. The molecule has 0 radical (unpaired) electrons. The van der Waals surface area contributed by atoms with Crippen molar-refractivity contribution in [2.24, 2.45) is 0 Å². The molecular formula is C30H29FN10O2. The van der Waals surface area contributed by atoms with Crippen molar-refractivity contribution in [2.75, 3.05) is 24.5 Å². The summed E-state index contributed by atoms with van der Waals surface area (Å²) >= 11 is 0. The zero-order valence-corrected chi connectivity index (χ0v) is 23.8. The Morgan fingerprint density at radius 3 is 2.81 bits per heavy atom. The fourth-order valence-electron chi connectivity index (χ4n) is 5.70. The summed E-state index contributed by atoms with van der Waals surface area (Å²) in [7, 11) is 0. The van der Waals surface area contributed by atoms with Crippen LogP contribution in [0.1, 0.15) is 43.1 Å². The van der Waals surface area contributed by atoms with E-state index in [4.69, 9.17) is 4.98 Å². The first-order valence-corrected chi connectivity index (χ1v) is 14.0. The number of amides is 1. The Bertz CT molecular complexity index is 1890. The van der Waals surface area contributed by atoms with Crippen LogP contribution in [0.2, 0.25) is 0 Å². The number of anilines is 1. The second-order valence-corrected chi connectivity index (χ2v) is 10.8. The molecule has 43 heavy (non-hydrogen) atoms. The van der Waals surface area contributed by atoms with Gasteiger partial charge in [0.15, 0.2) is 17.3 Å². The fraction of sp³-hybridized carbons (Fsp3) is 0.333. The highest BCUT2D eigenvalue weighted by Crippen LogP contribution is 2.32. The maximum atomic E-state index is 15.9. The number of halogens is 1. The van der Waals surface area contributed by atoms with Gasteiger partial charge in [-0.15, -0.1) is 5.10 Å². The number of pyridine rings is 2. The van der Waals surface area contributed by atoms with Gasteiger partial charge in [-0.05, 0) is 36.1 Å². The lowest BCUT2D eigenvalue weighted by Gasteiger charge is -2.41. The molecule has 0 spiro atoms. The number of carbonyl (C=O) groups is 1. The normalized spacial score (nSPS) is 17.1. The third-order valence-electron chi connectivity index (χ3n) is 7.75. The zero-order valence-electron chi connectivity index (χ0n) is 23.8. The number of carbonyl (C=O) groups excluding carboxylic acids is 1. The number of hydrogen-bond donors (Lipinski definition) is 0. The molecule has 4 bridgehead atoms. The van der Waals surface area contributed by atoms with Crippen molar-refractivity contribution in [3.05, 3.63) is 82.6 Å². The third kappa shape index (κ3) is 4.94. The summed E-state index contributed by atoms with van der Waals surface area (Å²) in [6, 6.07) is 4.83. The second kappa shape index (κ2) is 11.2. The Morgan fingerprint density at radius 1 is 1.23 bits per heavy atom. The molecule has 13 heteroatoms. The SMILES string of the molecule is C=CC(=O)N1CCN(c2nc(=O)n3c4nc(c(F)cc24)-n2cc(nn2)C/C=C\Cc2ccnc(C(C)C)c2-3)CC1CC#N. The minimum Gasteiger partial charge on any atom is -0.352 e. The van der Waals surface area contributed by atoms with Crippen LogP contribution in [0, 0.1) is 17.1 Å². The molecule has 6 rings (SSSR count). The standard InChI is InChI=1S/C30H29FN10O2/c1-4-24(42)39-14-13-38(17-21(39)9-11-32)27-22-15-23(31)29-34-28(22)41(30(43)35-27)26-19(10-12-33-25(26)18(2)3)7-5-6-8-20-16-40(29)37-36-20/h4-6,10,12,15-16,18,21H,1,7-9,13-14,17H2,2-3H3/b6-5-. The van der Waals surface area contributed by atoms with Crippen LogP contribution in [-0.4, -0.2) is 71.0 Å². The average molecular weight is 581 g/mol. The van der Waals surface area contributed by atoms with Crippen LogP contribution in [-0.2, 0) is 17.6 Å². The van der Waals surface area contributed by atoms with Crippen LogP contribution in [0.15, 0.2) is 54.1 Å². The third-order valence-corrected chi connectivity index (χ3v) is 7.75. The number of piperazine rings is 1. The summed E-state index contributed by atoms with van der Waals surface area (Å²) in [5.41, 5.74) is 2.29. The van der Waals surface area contributed by atoms with Crippen LogP contribution in [0.4, 0.5) is 10.2 Å². The summed E-state index contributed by atoms with van der Waals surface area (Å²) in [6.07, 6.45) is 9.56. The van der Waals surface area contributed by atoms with Gasteiger partial charge < -0.3 is 9.80 Å². The lowest BCUT2D eigenvalue weighted by Crippen LogP contribution is -2.55. The van der Waals surface area contributed by atoms with Gasteiger partial charge in [0, 0.05) is 32.3 Å². The largest absolute Gasteiger partial charge is 0.355 e. The molecule has 0 aromatic carbocycles. The highest BCUT2D eigenvalue weighted by molar-refractivity contribution is 5.90. The van der Waals surface area contributed by atoms with E-state index in [1.165, 1.54) is 21.4 Å². The predicted octanol–water partition coefficient (Wildman–Crippen LogP) is 2.79. The van der Waals surface area contributed by atoms with Crippen molar-refractivity contribution < 1.29 is 9.18 Å². The summed E-state index contributed by atoms with van der Waals surface area (Å²) in [4.78, 5) is 43.8. The maximum Gasteiger partial charge on any atom is 0.355 e. The number of nitriles is 1. The lowest BCUT2D eigenvalue weighted by atomic mass is 10.0. The highest BCUT2D eigenvalue weighted by atomic mass is 19.1. The van der Waals surface area contributed by atoms with E-state index in [9.17, 15) is 14.9 Å².